The number of aliphatic hydroxyl groups is 1. The Balaban J connectivity index is 1.19. The number of rotatable bonds is 23. The first kappa shape index (κ1) is 51.7. The summed E-state index contributed by atoms with van der Waals surface area (Å²) >= 11 is 0. The smallest absolute Gasteiger partial charge is 0.311 e. The van der Waals surface area contributed by atoms with Gasteiger partial charge in [0, 0.05) is 0 Å². The molecule has 8 rings (SSSR count). The van der Waals surface area contributed by atoms with Crippen LogP contribution in [0.2, 0.25) is 0 Å². The molecular formula is C59H66O12. The van der Waals surface area contributed by atoms with Crippen molar-refractivity contribution in [2.45, 2.75) is 122 Å². The molecule has 0 radical (unpaired) electrons. The van der Waals surface area contributed by atoms with Gasteiger partial charge in [0.2, 0.25) is 0 Å². The molecule has 6 aromatic carbocycles. The minimum Gasteiger partial charge on any atom is -0.454 e. The molecule has 2 fully saturated rings. The quantitative estimate of drug-likeness (QED) is 0.0614. The average Bonchev–Trinajstić information content (AvgIpc) is 3.40. The predicted octanol–water partition coefficient (Wildman–Crippen LogP) is 9.55. The maximum absolute atomic E-state index is 14.1. The van der Waals surface area contributed by atoms with Crippen molar-refractivity contribution in [3.05, 3.63) is 215 Å². The molecule has 2 aliphatic heterocycles. The zero-order valence-electron chi connectivity index (χ0n) is 40.7. The minimum atomic E-state index is -1.23. The summed E-state index contributed by atoms with van der Waals surface area (Å²) in [5.74, 6) is -0.489. The Bertz CT molecular complexity index is 2420. The van der Waals surface area contributed by atoms with E-state index < -0.39 is 72.8 Å². The van der Waals surface area contributed by atoms with Crippen LogP contribution in [-0.4, -0.2) is 85.7 Å². The van der Waals surface area contributed by atoms with Gasteiger partial charge in [0.1, 0.15) is 42.7 Å². The molecule has 2 saturated heterocycles. The molecule has 0 aromatic heterocycles. The Labute approximate surface area is 417 Å². The summed E-state index contributed by atoms with van der Waals surface area (Å²) in [5, 5.41) is 12.3. The highest BCUT2D eigenvalue weighted by Crippen LogP contribution is 2.37. The van der Waals surface area contributed by atoms with Crippen molar-refractivity contribution in [3.8, 4) is 0 Å². The number of hydrogen-bond acceptors (Lipinski definition) is 12. The van der Waals surface area contributed by atoms with Gasteiger partial charge in [-0.05, 0) is 54.2 Å². The van der Waals surface area contributed by atoms with Crippen molar-refractivity contribution >= 4 is 5.97 Å². The summed E-state index contributed by atoms with van der Waals surface area (Å²) in [6.07, 6.45) is -10.7. The van der Waals surface area contributed by atoms with E-state index in [1.54, 1.807) is 20.8 Å². The van der Waals surface area contributed by atoms with Crippen molar-refractivity contribution in [1.82, 2.24) is 0 Å². The Morgan fingerprint density at radius 3 is 1.20 bits per heavy atom. The number of hydrogen-bond donors (Lipinski definition) is 1. The molecular weight excluding hydrogens is 901 g/mol. The second-order valence-corrected chi connectivity index (χ2v) is 18.9. The molecule has 2 heterocycles. The van der Waals surface area contributed by atoms with Crippen LogP contribution in [0.5, 0.6) is 0 Å². The molecule has 0 aliphatic carbocycles. The van der Waals surface area contributed by atoms with E-state index in [1.165, 1.54) is 0 Å². The summed E-state index contributed by atoms with van der Waals surface area (Å²) < 4.78 is 67.4. The summed E-state index contributed by atoms with van der Waals surface area (Å²) in [5.41, 5.74) is 4.57. The van der Waals surface area contributed by atoms with Gasteiger partial charge >= 0.3 is 5.97 Å². The van der Waals surface area contributed by atoms with Gasteiger partial charge in [-0.3, -0.25) is 4.79 Å². The number of ether oxygens (including phenoxy) is 10. The summed E-state index contributed by atoms with van der Waals surface area (Å²) in [6.45, 7) is 6.49. The Morgan fingerprint density at radius 2 is 0.775 bits per heavy atom. The van der Waals surface area contributed by atoms with Crippen molar-refractivity contribution < 1.29 is 57.3 Å². The largest absolute Gasteiger partial charge is 0.454 e. The van der Waals surface area contributed by atoms with Crippen LogP contribution in [0.25, 0.3) is 0 Å². The highest BCUT2D eigenvalue weighted by molar-refractivity contribution is 5.75. The zero-order chi connectivity index (χ0) is 49.3. The van der Waals surface area contributed by atoms with E-state index in [0.717, 1.165) is 33.4 Å². The molecule has 1 N–H and O–H groups in total. The van der Waals surface area contributed by atoms with Crippen LogP contribution < -0.4 is 0 Å². The second-order valence-electron chi connectivity index (χ2n) is 18.9. The van der Waals surface area contributed by atoms with Gasteiger partial charge in [0.05, 0.1) is 58.3 Å². The third kappa shape index (κ3) is 15.2. The Morgan fingerprint density at radius 1 is 0.423 bits per heavy atom. The van der Waals surface area contributed by atoms with Crippen LogP contribution in [0.3, 0.4) is 0 Å². The molecule has 12 nitrogen and oxygen atoms in total. The molecule has 374 valence electrons. The van der Waals surface area contributed by atoms with Crippen LogP contribution in [0, 0.1) is 5.41 Å². The Hall–Kier alpha value is -5.61. The van der Waals surface area contributed by atoms with Gasteiger partial charge in [0.25, 0.3) is 0 Å². The SMILES string of the molecule is CC(C)(C)C(=O)O[C@H]1[C@H](OCc2ccccc2)O[C@H](COCc2ccccc2)[C@@H](O[C@@H]2O[C@H](COCc3ccccc3)[C@H](O)[C@H](OCc3ccccc3)[C@H]2OCc2ccccc2)[C@@H]1OCc1ccccc1. The molecule has 0 spiro atoms. The fourth-order valence-corrected chi connectivity index (χ4v) is 8.37. The second kappa shape index (κ2) is 26.2. The van der Waals surface area contributed by atoms with Gasteiger partial charge in [0.15, 0.2) is 18.7 Å². The first-order valence-corrected chi connectivity index (χ1v) is 24.4. The number of esters is 1. The third-order valence-electron chi connectivity index (χ3n) is 12.3. The van der Waals surface area contributed by atoms with Crippen LogP contribution in [-0.2, 0) is 91.8 Å². The highest BCUT2D eigenvalue weighted by atomic mass is 16.8. The minimum absolute atomic E-state index is 0.00748. The number of aliphatic hydroxyl groups excluding tert-OH is 1. The third-order valence-corrected chi connectivity index (χ3v) is 12.3. The first-order valence-electron chi connectivity index (χ1n) is 24.4. The normalized spacial score (nSPS) is 24.6. The fourth-order valence-electron chi connectivity index (χ4n) is 8.37. The monoisotopic (exact) mass is 966 g/mol. The summed E-state index contributed by atoms with van der Waals surface area (Å²) in [7, 11) is 0. The van der Waals surface area contributed by atoms with Crippen molar-refractivity contribution in [1.29, 1.82) is 0 Å². The molecule has 0 saturated carbocycles. The van der Waals surface area contributed by atoms with Crippen molar-refractivity contribution in [2.75, 3.05) is 13.2 Å². The molecule has 6 aromatic rings. The molecule has 2 aliphatic rings. The lowest BCUT2D eigenvalue weighted by molar-refractivity contribution is -0.373. The lowest BCUT2D eigenvalue weighted by Gasteiger charge is -2.49. The van der Waals surface area contributed by atoms with Crippen molar-refractivity contribution in [3.63, 3.8) is 0 Å². The maximum Gasteiger partial charge on any atom is 0.311 e. The van der Waals surface area contributed by atoms with Crippen LogP contribution in [0.1, 0.15) is 54.2 Å². The zero-order valence-corrected chi connectivity index (χ0v) is 40.7. The molecule has 0 bridgehead atoms. The predicted molar refractivity (Wildman–Crippen MR) is 266 cm³/mol. The lowest BCUT2D eigenvalue weighted by atomic mass is 9.94. The van der Waals surface area contributed by atoms with Gasteiger partial charge in [-0.1, -0.05) is 182 Å². The van der Waals surface area contributed by atoms with Gasteiger partial charge in [-0.25, -0.2) is 0 Å². The van der Waals surface area contributed by atoms with Gasteiger partial charge in [-0.15, -0.1) is 0 Å². The van der Waals surface area contributed by atoms with E-state index in [2.05, 4.69) is 0 Å². The average molecular weight is 967 g/mol. The lowest BCUT2D eigenvalue weighted by Crippen LogP contribution is -2.66. The Kier molecular flexibility index (Phi) is 19.1. The van der Waals surface area contributed by atoms with E-state index in [-0.39, 0.29) is 52.9 Å². The summed E-state index contributed by atoms with van der Waals surface area (Å²) in [4.78, 5) is 14.1. The summed E-state index contributed by atoms with van der Waals surface area (Å²) in [6, 6.07) is 58.5. The topological polar surface area (TPSA) is 130 Å². The van der Waals surface area contributed by atoms with E-state index in [9.17, 15) is 9.90 Å². The maximum atomic E-state index is 14.1. The van der Waals surface area contributed by atoms with Crippen LogP contribution in [0.4, 0.5) is 0 Å². The molecule has 0 amide bonds. The van der Waals surface area contributed by atoms with Gasteiger partial charge < -0.3 is 52.5 Å². The van der Waals surface area contributed by atoms with Crippen molar-refractivity contribution in [2.24, 2.45) is 5.41 Å². The number of benzene rings is 6. The van der Waals surface area contributed by atoms with Crippen LogP contribution >= 0.6 is 0 Å². The van der Waals surface area contributed by atoms with E-state index >= 15 is 0 Å². The van der Waals surface area contributed by atoms with E-state index in [1.807, 2.05) is 182 Å². The van der Waals surface area contributed by atoms with Crippen LogP contribution in [0.15, 0.2) is 182 Å². The van der Waals surface area contributed by atoms with Gasteiger partial charge in [-0.2, -0.15) is 0 Å². The molecule has 71 heavy (non-hydrogen) atoms. The fraction of sp³-hybridized carbons (Fsp3) is 0.373. The number of carbonyl (C=O) groups excluding carboxylic acids is 1. The highest BCUT2D eigenvalue weighted by Gasteiger charge is 2.55. The standard InChI is InChI=1S/C59H66O12/c1-59(2,3)58(61)71-55-53(65-37-45-28-16-7-17-29-45)51(49(41-63-35-43-24-12-5-13-25-43)69-56(55)67-39-47-32-20-9-21-33-47)70-57-54(66-38-46-30-18-8-19-31-46)52(64-36-44-26-14-6-15-27-44)50(60)48(68-57)40-62-34-42-22-10-4-11-23-42/h4-33,48-57,60H,34-41H2,1-3H3/t48-,49-,50+,51-,52+,53+,54-,55-,56-,57+/m1/s1. The van der Waals surface area contributed by atoms with E-state index in [4.69, 9.17) is 47.4 Å². The molecule has 10 atom stereocenters. The molecule has 12 heteroatoms. The number of carbonyl (C=O) groups is 1. The van der Waals surface area contributed by atoms with E-state index in [0.29, 0.717) is 0 Å². The molecule has 0 unspecified atom stereocenters. The first-order chi connectivity index (χ1) is 34.7.